The first kappa shape index (κ1) is 11.8. The number of carbonyl (C=O) groups excluding carboxylic acids is 1. The third-order valence-electron chi connectivity index (χ3n) is 5.03. The Hall–Kier alpha value is -1.26. The first-order valence-electron chi connectivity index (χ1n) is 6.81. The number of rotatable bonds is 4. The lowest BCUT2D eigenvalue weighted by atomic mass is 10.0. The highest BCUT2D eigenvalue weighted by Gasteiger charge is 2.65. The lowest BCUT2D eigenvalue weighted by Crippen LogP contribution is -2.41. The molecular formula is C13H20N2O3. The Bertz CT molecular complexity index is 368. The molecule has 100 valence electrons. The van der Waals surface area contributed by atoms with Crippen LogP contribution in [0.25, 0.3) is 0 Å². The monoisotopic (exact) mass is 252 g/mol. The summed E-state index contributed by atoms with van der Waals surface area (Å²) < 4.78 is 0. The van der Waals surface area contributed by atoms with Crippen LogP contribution in [0.4, 0.5) is 4.79 Å². The largest absolute Gasteiger partial charge is 0.481 e. The van der Waals surface area contributed by atoms with Crippen LogP contribution in [0.1, 0.15) is 25.7 Å². The van der Waals surface area contributed by atoms with Gasteiger partial charge in [-0.2, -0.15) is 0 Å². The lowest BCUT2D eigenvalue weighted by molar-refractivity contribution is -0.137. The molecule has 0 spiro atoms. The van der Waals surface area contributed by atoms with Gasteiger partial charge in [-0.15, -0.1) is 0 Å². The summed E-state index contributed by atoms with van der Waals surface area (Å²) in [5, 5.41) is 11.7. The molecule has 0 saturated heterocycles. The third kappa shape index (κ3) is 1.85. The van der Waals surface area contributed by atoms with Gasteiger partial charge < -0.3 is 15.3 Å². The maximum absolute atomic E-state index is 11.9. The summed E-state index contributed by atoms with van der Waals surface area (Å²) in [5.74, 6) is 2.27. The highest BCUT2D eigenvalue weighted by molar-refractivity contribution is 5.75. The van der Waals surface area contributed by atoms with Gasteiger partial charge in [-0.25, -0.2) is 4.79 Å². The topological polar surface area (TPSA) is 69.6 Å². The van der Waals surface area contributed by atoms with Crippen LogP contribution in [-0.2, 0) is 4.79 Å². The van der Waals surface area contributed by atoms with Crippen LogP contribution in [0.5, 0.6) is 0 Å². The van der Waals surface area contributed by atoms with Gasteiger partial charge >= 0.3 is 12.0 Å². The van der Waals surface area contributed by atoms with Crippen molar-refractivity contribution in [3.63, 3.8) is 0 Å². The molecule has 5 heteroatoms. The van der Waals surface area contributed by atoms with E-state index in [2.05, 4.69) is 5.32 Å². The molecule has 3 aliphatic carbocycles. The molecular weight excluding hydrogens is 232 g/mol. The van der Waals surface area contributed by atoms with Gasteiger partial charge in [0, 0.05) is 19.6 Å². The fourth-order valence-corrected chi connectivity index (χ4v) is 4.14. The van der Waals surface area contributed by atoms with Gasteiger partial charge in [0.05, 0.1) is 6.42 Å². The Balaban J connectivity index is 1.47. The number of fused-ring (bicyclic) bond motifs is 5. The Labute approximate surface area is 107 Å². The van der Waals surface area contributed by atoms with Gasteiger partial charge in [-0.3, -0.25) is 4.79 Å². The molecule has 2 N–H and O–H groups in total. The van der Waals surface area contributed by atoms with Crippen LogP contribution in [-0.4, -0.2) is 41.6 Å². The molecule has 3 rings (SSSR count). The maximum atomic E-state index is 11.9. The van der Waals surface area contributed by atoms with Crippen LogP contribution in [0.3, 0.4) is 0 Å². The predicted molar refractivity (Wildman–Crippen MR) is 65.0 cm³/mol. The average Bonchev–Trinajstić information content (AvgIpc) is 2.74. The summed E-state index contributed by atoms with van der Waals surface area (Å²) in [6, 6.07) is 0.256. The number of carbonyl (C=O) groups is 2. The molecule has 3 fully saturated rings. The van der Waals surface area contributed by atoms with Gasteiger partial charge in [0.25, 0.3) is 0 Å². The van der Waals surface area contributed by atoms with E-state index >= 15 is 0 Å². The van der Waals surface area contributed by atoms with Crippen LogP contribution in [0.2, 0.25) is 0 Å². The van der Waals surface area contributed by atoms with E-state index in [1.54, 1.807) is 7.05 Å². The summed E-state index contributed by atoms with van der Waals surface area (Å²) in [5.41, 5.74) is 0. The number of nitrogens with zero attached hydrogens (tertiary/aromatic N) is 1. The molecule has 0 aliphatic heterocycles. The first-order valence-corrected chi connectivity index (χ1v) is 6.81. The van der Waals surface area contributed by atoms with Gasteiger partial charge in [0.2, 0.25) is 0 Å². The van der Waals surface area contributed by atoms with E-state index in [-0.39, 0.29) is 19.0 Å². The first-order chi connectivity index (χ1) is 8.58. The molecule has 0 aromatic carbocycles. The number of nitrogens with one attached hydrogen (secondary N) is 1. The SMILES string of the molecule is CN(CCC(=O)O)C(=O)NC1C2C3CCC(C3)C12. The van der Waals surface area contributed by atoms with Crippen molar-refractivity contribution in [1.29, 1.82) is 0 Å². The molecule has 5 nitrogen and oxygen atoms in total. The summed E-state index contributed by atoms with van der Waals surface area (Å²) in [7, 11) is 1.66. The Morgan fingerprint density at radius 1 is 1.28 bits per heavy atom. The highest BCUT2D eigenvalue weighted by Crippen LogP contribution is 2.65. The van der Waals surface area contributed by atoms with Crippen LogP contribution in [0, 0.1) is 23.7 Å². The molecule has 2 bridgehead atoms. The van der Waals surface area contributed by atoms with E-state index in [0.29, 0.717) is 6.04 Å². The van der Waals surface area contributed by atoms with Crippen LogP contribution < -0.4 is 5.32 Å². The smallest absolute Gasteiger partial charge is 0.317 e. The molecule has 2 amide bonds. The zero-order valence-electron chi connectivity index (χ0n) is 10.6. The summed E-state index contributed by atoms with van der Waals surface area (Å²) in [4.78, 5) is 23.8. The molecule has 0 radical (unpaired) electrons. The summed E-state index contributed by atoms with van der Waals surface area (Å²) in [6.45, 7) is 0.274. The van der Waals surface area contributed by atoms with Gasteiger partial charge in [-0.1, -0.05) is 0 Å². The summed E-state index contributed by atoms with van der Waals surface area (Å²) >= 11 is 0. The second-order valence-corrected chi connectivity index (χ2v) is 6.03. The molecule has 0 aromatic rings. The van der Waals surface area contributed by atoms with Crippen LogP contribution >= 0.6 is 0 Å². The number of amides is 2. The van der Waals surface area contributed by atoms with Crippen molar-refractivity contribution in [2.45, 2.75) is 31.7 Å². The van der Waals surface area contributed by atoms with E-state index in [9.17, 15) is 9.59 Å². The quantitative estimate of drug-likeness (QED) is 0.788. The number of urea groups is 1. The minimum absolute atomic E-state index is 0.00664. The van der Waals surface area contributed by atoms with E-state index in [1.807, 2.05) is 0 Å². The molecule has 0 heterocycles. The molecule has 3 saturated carbocycles. The van der Waals surface area contributed by atoms with Crippen LogP contribution in [0.15, 0.2) is 0 Å². The Kier molecular flexibility index (Phi) is 2.72. The highest BCUT2D eigenvalue weighted by atomic mass is 16.4. The zero-order chi connectivity index (χ0) is 12.9. The minimum Gasteiger partial charge on any atom is -0.481 e. The molecule has 4 atom stereocenters. The van der Waals surface area contributed by atoms with E-state index < -0.39 is 5.97 Å². The normalized spacial score (nSPS) is 39.3. The zero-order valence-corrected chi connectivity index (χ0v) is 10.6. The van der Waals surface area contributed by atoms with Gasteiger partial charge in [0.1, 0.15) is 0 Å². The second kappa shape index (κ2) is 4.14. The van der Waals surface area contributed by atoms with Crippen molar-refractivity contribution in [3.8, 4) is 0 Å². The van der Waals surface area contributed by atoms with E-state index in [0.717, 1.165) is 23.7 Å². The van der Waals surface area contributed by atoms with E-state index in [1.165, 1.54) is 24.2 Å². The van der Waals surface area contributed by atoms with Crippen molar-refractivity contribution in [1.82, 2.24) is 10.2 Å². The van der Waals surface area contributed by atoms with Gasteiger partial charge in [0.15, 0.2) is 0 Å². The maximum Gasteiger partial charge on any atom is 0.317 e. The number of carboxylic acid groups (broad SMARTS) is 1. The van der Waals surface area contributed by atoms with E-state index in [4.69, 9.17) is 5.11 Å². The summed E-state index contributed by atoms with van der Waals surface area (Å²) in [6.07, 6.45) is 4.06. The van der Waals surface area contributed by atoms with Gasteiger partial charge in [-0.05, 0) is 42.9 Å². The number of hydrogen-bond donors (Lipinski definition) is 2. The third-order valence-corrected chi connectivity index (χ3v) is 5.03. The van der Waals surface area contributed by atoms with Crippen molar-refractivity contribution in [2.24, 2.45) is 23.7 Å². The molecule has 4 unspecified atom stereocenters. The van der Waals surface area contributed by atoms with Crippen molar-refractivity contribution >= 4 is 12.0 Å². The molecule has 3 aliphatic rings. The van der Waals surface area contributed by atoms with Crippen molar-refractivity contribution < 1.29 is 14.7 Å². The second-order valence-electron chi connectivity index (χ2n) is 6.03. The standard InChI is InChI=1S/C13H20N2O3/c1-15(5-4-9(16)17)13(18)14-12-10-7-2-3-8(6-7)11(10)12/h7-8,10-12H,2-6H2,1H3,(H,14,18)(H,16,17). The predicted octanol–water partition coefficient (Wildman–Crippen LogP) is 1.15. The fourth-order valence-electron chi connectivity index (χ4n) is 4.14. The fraction of sp³-hybridized carbons (Fsp3) is 0.846. The number of aliphatic carboxylic acids is 1. The average molecular weight is 252 g/mol. The Morgan fingerprint density at radius 2 is 1.89 bits per heavy atom. The molecule has 0 aromatic heterocycles. The number of hydrogen-bond acceptors (Lipinski definition) is 2. The molecule has 18 heavy (non-hydrogen) atoms. The Morgan fingerprint density at radius 3 is 2.44 bits per heavy atom. The lowest BCUT2D eigenvalue weighted by Gasteiger charge is -2.18. The number of carboxylic acids is 1. The van der Waals surface area contributed by atoms with Crippen molar-refractivity contribution in [3.05, 3.63) is 0 Å². The minimum atomic E-state index is -0.865. The van der Waals surface area contributed by atoms with Crippen molar-refractivity contribution in [2.75, 3.05) is 13.6 Å².